The van der Waals surface area contributed by atoms with Crippen molar-refractivity contribution in [2.45, 2.75) is 85.2 Å². The second kappa shape index (κ2) is 13.9. The van der Waals surface area contributed by atoms with Crippen molar-refractivity contribution in [1.29, 1.82) is 0 Å². The molecule has 0 aliphatic heterocycles. The summed E-state index contributed by atoms with van der Waals surface area (Å²) in [6.07, 6.45) is 0.669. The standard InChI is InChI=1S/C34H38ClF5N2O4/c1-9-33(5,6)18-11-12-26(20(13-18)34(7,8)10-2)46-30(17(3)4)31(44)41-23-16-25(43)24(15-21(23)35)42(40)32(45)19-14-22(36)28(38)29(39)27(19)37/h11-17,30,43H,9-10H2,1-8H3,(H,41,44). The fraction of sp³-hybridized carbons (Fsp3) is 0.412. The van der Waals surface area contributed by atoms with E-state index in [0.717, 1.165) is 36.1 Å². The fourth-order valence-corrected chi connectivity index (χ4v) is 4.76. The molecule has 1 atom stereocenters. The predicted octanol–water partition coefficient (Wildman–Crippen LogP) is 9.55. The summed E-state index contributed by atoms with van der Waals surface area (Å²) in [6, 6.07) is 7.48. The molecule has 3 aromatic carbocycles. The summed E-state index contributed by atoms with van der Waals surface area (Å²) in [7, 11) is 0. The molecule has 0 saturated heterocycles. The second-order valence-corrected chi connectivity index (χ2v) is 13.1. The Balaban J connectivity index is 1.92. The summed E-state index contributed by atoms with van der Waals surface area (Å²) in [6.45, 7) is 16.2. The van der Waals surface area contributed by atoms with Gasteiger partial charge in [0.25, 0.3) is 11.8 Å². The summed E-state index contributed by atoms with van der Waals surface area (Å²) in [5, 5.41) is 11.9. The van der Waals surface area contributed by atoms with E-state index in [4.69, 9.17) is 16.3 Å². The largest absolute Gasteiger partial charge is 0.506 e. The van der Waals surface area contributed by atoms with Crippen molar-refractivity contribution in [3.05, 3.63) is 81.4 Å². The molecule has 0 saturated carbocycles. The van der Waals surface area contributed by atoms with Crippen LogP contribution in [0.4, 0.5) is 33.4 Å². The van der Waals surface area contributed by atoms with Crippen LogP contribution >= 0.6 is 11.6 Å². The maximum absolute atomic E-state index is 15.0. The highest BCUT2D eigenvalue weighted by atomic mass is 35.5. The Morgan fingerprint density at radius 1 is 0.935 bits per heavy atom. The molecule has 250 valence electrons. The maximum Gasteiger partial charge on any atom is 0.289 e. The van der Waals surface area contributed by atoms with Crippen molar-refractivity contribution in [3.63, 3.8) is 0 Å². The minimum atomic E-state index is -2.31. The molecule has 0 aliphatic carbocycles. The van der Waals surface area contributed by atoms with Gasteiger partial charge in [-0.3, -0.25) is 9.59 Å². The number of aromatic hydroxyl groups is 1. The van der Waals surface area contributed by atoms with Crippen LogP contribution in [0.5, 0.6) is 11.5 Å². The molecule has 1 unspecified atom stereocenters. The number of nitrogens with zero attached hydrogens (tertiary/aromatic N) is 1. The van der Waals surface area contributed by atoms with Crippen LogP contribution in [-0.4, -0.2) is 23.0 Å². The van der Waals surface area contributed by atoms with Crippen LogP contribution in [0.15, 0.2) is 36.4 Å². The minimum absolute atomic E-state index is 0.0206. The second-order valence-electron chi connectivity index (χ2n) is 12.7. The van der Waals surface area contributed by atoms with Gasteiger partial charge in [0.2, 0.25) is 0 Å². The Bertz CT molecular complexity index is 1640. The Labute approximate surface area is 270 Å². The topological polar surface area (TPSA) is 78.9 Å². The summed E-state index contributed by atoms with van der Waals surface area (Å²) < 4.78 is 76.0. The lowest BCUT2D eigenvalue weighted by atomic mass is 9.76. The molecule has 6 nitrogen and oxygen atoms in total. The van der Waals surface area contributed by atoms with Gasteiger partial charge in [-0.1, -0.05) is 83.6 Å². The highest BCUT2D eigenvalue weighted by Crippen LogP contribution is 2.40. The monoisotopic (exact) mass is 668 g/mol. The summed E-state index contributed by atoms with van der Waals surface area (Å²) >= 11 is 6.25. The predicted molar refractivity (Wildman–Crippen MR) is 168 cm³/mol. The van der Waals surface area contributed by atoms with E-state index < -0.39 is 63.3 Å². The molecule has 46 heavy (non-hydrogen) atoms. The quantitative estimate of drug-likeness (QED) is 0.0923. The molecule has 0 spiro atoms. The summed E-state index contributed by atoms with van der Waals surface area (Å²) in [5.74, 6) is -11.9. The molecule has 3 aromatic rings. The highest BCUT2D eigenvalue weighted by Gasteiger charge is 2.32. The number of amides is 2. The number of hydrogen-bond acceptors (Lipinski definition) is 4. The summed E-state index contributed by atoms with van der Waals surface area (Å²) in [4.78, 5) is 26.0. The first-order valence-electron chi connectivity index (χ1n) is 14.8. The molecular formula is C34H38ClF5N2O4. The van der Waals surface area contributed by atoms with Gasteiger partial charge in [-0.15, -0.1) is 5.12 Å². The Morgan fingerprint density at radius 3 is 2.11 bits per heavy atom. The Hall–Kier alpha value is -3.86. The van der Waals surface area contributed by atoms with Crippen LogP contribution in [0.25, 0.3) is 0 Å². The number of benzene rings is 3. The van der Waals surface area contributed by atoms with E-state index >= 15 is 4.48 Å². The number of phenolic OH excluding ortho intramolecular Hbond substituents is 1. The zero-order valence-corrected chi connectivity index (χ0v) is 27.7. The molecular weight excluding hydrogens is 631 g/mol. The van der Waals surface area contributed by atoms with E-state index in [1.807, 2.05) is 12.1 Å². The number of phenols is 1. The Morgan fingerprint density at radius 2 is 1.54 bits per heavy atom. The smallest absolute Gasteiger partial charge is 0.289 e. The first kappa shape index (κ1) is 36.6. The van der Waals surface area contributed by atoms with Crippen LogP contribution in [-0.2, 0) is 15.6 Å². The van der Waals surface area contributed by atoms with Gasteiger partial charge in [0.1, 0.15) is 17.2 Å². The van der Waals surface area contributed by atoms with Crippen molar-refractivity contribution in [2.75, 3.05) is 10.4 Å². The average Bonchev–Trinajstić information content (AvgIpc) is 3.01. The number of carbonyl (C=O) groups excluding carboxylic acids is 2. The van der Waals surface area contributed by atoms with Crippen molar-refractivity contribution < 1.29 is 41.5 Å². The highest BCUT2D eigenvalue weighted by molar-refractivity contribution is 6.34. The van der Waals surface area contributed by atoms with Crippen LogP contribution in [0.1, 0.15) is 89.7 Å². The van der Waals surface area contributed by atoms with Gasteiger partial charge in [0.05, 0.1) is 16.3 Å². The Kier molecular flexibility index (Phi) is 11.0. The number of nitrogens with one attached hydrogen (secondary N) is 1. The van der Waals surface area contributed by atoms with Crippen molar-refractivity contribution in [3.8, 4) is 11.5 Å². The van der Waals surface area contributed by atoms with E-state index in [9.17, 15) is 32.3 Å². The van der Waals surface area contributed by atoms with Gasteiger partial charge < -0.3 is 15.2 Å². The maximum atomic E-state index is 15.0. The van der Waals surface area contributed by atoms with Crippen molar-refractivity contribution in [1.82, 2.24) is 0 Å². The summed E-state index contributed by atoms with van der Waals surface area (Å²) in [5.41, 5.74) is -0.904. The van der Waals surface area contributed by atoms with Gasteiger partial charge in [-0.25, -0.2) is 17.6 Å². The van der Waals surface area contributed by atoms with Crippen LogP contribution in [0, 0.1) is 29.2 Å². The lowest BCUT2D eigenvalue weighted by Gasteiger charge is -2.32. The lowest BCUT2D eigenvalue weighted by molar-refractivity contribution is -0.124. The van der Waals surface area contributed by atoms with E-state index in [-0.39, 0.29) is 33.5 Å². The van der Waals surface area contributed by atoms with Gasteiger partial charge in [-0.05, 0) is 53.4 Å². The van der Waals surface area contributed by atoms with Crippen LogP contribution < -0.4 is 15.2 Å². The molecule has 3 rings (SSSR count). The lowest BCUT2D eigenvalue weighted by Crippen LogP contribution is -2.38. The molecule has 0 heterocycles. The normalized spacial score (nSPS) is 12.7. The number of anilines is 2. The molecule has 0 radical (unpaired) electrons. The van der Waals surface area contributed by atoms with Crippen LogP contribution in [0.3, 0.4) is 0 Å². The minimum Gasteiger partial charge on any atom is -0.506 e. The first-order chi connectivity index (χ1) is 21.3. The van der Waals surface area contributed by atoms with Crippen molar-refractivity contribution >= 4 is 34.8 Å². The van der Waals surface area contributed by atoms with E-state index in [1.165, 1.54) is 0 Å². The van der Waals surface area contributed by atoms with Gasteiger partial charge in [-0.2, -0.15) is 0 Å². The van der Waals surface area contributed by atoms with Crippen molar-refractivity contribution in [2.24, 2.45) is 5.92 Å². The first-order valence-corrected chi connectivity index (χ1v) is 15.1. The average molecular weight is 669 g/mol. The number of rotatable bonds is 11. The van der Waals surface area contributed by atoms with E-state index in [1.54, 1.807) is 13.8 Å². The zero-order chi connectivity index (χ0) is 34.9. The molecule has 0 bridgehead atoms. The molecule has 0 aliphatic rings. The number of ether oxygens (including phenoxy) is 1. The zero-order valence-electron chi connectivity index (χ0n) is 26.9. The third-order valence-corrected chi connectivity index (χ3v) is 8.73. The van der Waals surface area contributed by atoms with Gasteiger partial charge >= 0.3 is 0 Å². The molecule has 0 fully saturated rings. The fourth-order valence-electron chi connectivity index (χ4n) is 4.56. The van der Waals surface area contributed by atoms with E-state index in [0.29, 0.717) is 5.75 Å². The number of hydrogen-bond donors (Lipinski definition) is 2. The molecule has 12 heteroatoms. The molecule has 0 aromatic heterocycles. The van der Waals surface area contributed by atoms with E-state index in [2.05, 4.69) is 52.9 Å². The molecule has 2 amide bonds. The SMILES string of the molecule is CCC(C)(C)c1ccc(OC(C(=O)Nc2cc(O)c(N(F)C(=O)c3cc(F)c(F)c(F)c3F)cc2Cl)C(C)C)c(C(C)(C)CC)c1. The van der Waals surface area contributed by atoms with Gasteiger partial charge in [0, 0.05) is 11.6 Å². The number of carbonyl (C=O) groups is 2. The third-order valence-electron chi connectivity index (χ3n) is 8.42. The van der Waals surface area contributed by atoms with Gasteiger partial charge in [0.15, 0.2) is 29.4 Å². The molecule has 2 N–H and O–H groups in total. The number of halogens is 6. The van der Waals surface area contributed by atoms with Crippen LogP contribution in [0.2, 0.25) is 5.02 Å². The third kappa shape index (κ3) is 7.40.